The van der Waals surface area contributed by atoms with E-state index in [1.807, 2.05) is 66.7 Å². The van der Waals surface area contributed by atoms with Gasteiger partial charge in [0.1, 0.15) is 19.0 Å². The molecule has 140 valence electrons. The fourth-order valence-electron chi connectivity index (χ4n) is 3.08. The molecule has 28 heavy (non-hydrogen) atoms. The number of ether oxygens (including phenoxy) is 3. The number of para-hydroxylation sites is 1. The lowest BCUT2D eigenvalue weighted by atomic mass is 10.1. The van der Waals surface area contributed by atoms with Crippen LogP contribution in [0.25, 0.3) is 12.2 Å². The third-order valence-electron chi connectivity index (χ3n) is 4.57. The topological polar surface area (TPSA) is 27.7 Å². The molecule has 0 atom stereocenters. The molecule has 0 unspecified atom stereocenters. The minimum atomic E-state index is 0.510. The van der Waals surface area contributed by atoms with Crippen molar-refractivity contribution in [2.45, 2.75) is 6.61 Å². The van der Waals surface area contributed by atoms with Crippen molar-refractivity contribution in [3.05, 3.63) is 101 Å². The average Bonchev–Trinajstić information content (AvgIpc) is 2.77. The van der Waals surface area contributed by atoms with Gasteiger partial charge in [-0.2, -0.15) is 0 Å². The zero-order valence-electron chi connectivity index (χ0n) is 15.8. The van der Waals surface area contributed by atoms with Crippen LogP contribution in [0.4, 0.5) is 0 Å². The summed E-state index contributed by atoms with van der Waals surface area (Å²) >= 11 is 0. The fourth-order valence-corrected chi connectivity index (χ4v) is 3.08. The molecule has 0 amide bonds. The van der Waals surface area contributed by atoms with Gasteiger partial charge in [-0.1, -0.05) is 66.7 Å². The van der Waals surface area contributed by atoms with Crippen LogP contribution in [0.5, 0.6) is 17.2 Å². The maximum Gasteiger partial charge on any atom is 0.161 e. The van der Waals surface area contributed by atoms with E-state index in [0.717, 1.165) is 39.5 Å². The summed E-state index contributed by atoms with van der Waals surface area (Å²) in [4.78, 5) is 0. The third-order valence-corrected chi connectivity index (χ3v) is 4.57. The van der Waals surface area contributed by atoms with Gasteiger partial charge in [-0.25, -0.2) is 0 Å². The van der Waals surface area contributed by atoms with Gasteiger partial charge in [0.2, 0.25) is 0 Å². The van der Waals surface area contributed by atoms with E-state index in [9.17, 15) is 0 Å². The average molecular weight is 370 g/mol. The molecular formula is C25H22O3. The fraction of sp³-hybridized carbons (Fsp3) is 0.120. The van der Waals surface area contributed by atoms with Gasteiger partial charge in [0, 0.05) is 5.56 Å². The van der Waals surface area contributed by atoms with Crippen molar-refractivity contribution in [1.82, 2.24) is 0 Å². The van der Waals surface area contributed by atoms with E-state index in [4.69, 9.17) is 14.2 Å². The van der Waals surface area contributed by atoms with Crippen molar-refractivity contribution in [3.8, 4) is 17.2 Å². The highest BCUT2D eigenvalue weighted by molar-refractivity contribution is 5.67. The van der Waals surface area contributed by atoms with Crippen molar-refractivity contribution in [3.63, 3.8) is 0 Å². The number of rotatable bonds is 6. The van der Waals surface area contributed by atoms with Gasteiger partial charge in [0.25, 0.3) is 0 Å². The Kier molecular flexibility index (Phi) is 5.43. The Bertz CT molecular complexity index is 1000. The summed E-state index contributed by atoms with van der Waals surface area (Å²) in [7, 11) is 1.66. The SMILES string of the molecule is COc1cc(/C=C/C2=Cc3ccccc3OC2)ccc1OCc1ccccc1. The van der Waals surface area contributed by atoms with Crippen molar-refractivity contribution in [1.29, 1.82) is 0 Å². The van der Waals surface area contributed by atoms with Gasteiger partial charge in [-0.3, -0.25) is 0 Å². The normalized spacial score (nSPS) is 12.8. The van der Waals surface area contributed by atoms with Gasteiger partial charge < -0.3 is 14.2 Å². The summed E-state index contributed by atoms with van der Waals surface area (Å²) in [6, 6.07) is 24.1. The molecule has 0 N–H and O–H groups in total. The molecule has 1 aliphatic heterocycles. The minimum Gasteiger partial charge on any atom is -0.493 e. The molecule has 3 aromatic carbocycles. The van der Waals surface area contributed by atoms with E-state index in [0.29, 0.717) is 13.2 Å². The molecule has 0 spiro atoms. The Labute approximate surface area is 165 Å². The Morgan fingerprint density at radius 2 is 1.71 bits per heavy atom. The molecule has 1 heterocycles. The van der Waals surface area contributed by atoms with Crippen LogP contribution in [0.1, 0.15) is 16.7 Å². The van der Waals surface area contributed by atoms with Crippen LogP contribution in [0.2, 0.25) is 0 Å². The van der Waals surface area contributed by atoms with Crippen LogP contribution in [0.15, 0.2) is 84.4 Å². The van der Waals surface area contributed by atoms with Gasteiger partial charge in [0.15, 0.2) is 11.5 Å². The summed E-state index contributed by atoms with van der Waals surface area (Å²) < 4.78 is 17.2. The van der Waals surface area contributed by atoms with Crippen molar-refractivity contribution < 1.29 is 14.2 Å². The Balaban J connectivity index is 1.47. The molecule has 3 aromatic rings. The van der Waals surface area contributed by atoms with Gasteiger partial charge in [-0.15, -0.1) is 0 Å². The Morgan fingerprint density at radius 3 is 2.57 bits per heavy atom. The largest absolute Gasteiger partial charge is 0.493 e. The van der Waals surface area contributed by atoms with E-state index < -0.39 is 0 Å². The number of hydrogen-bond acceptors (Lipinski definition) is 3. The molecule has 3 heteroatoms. The van der Waals surface area contributed by atoms with Crippen LogP contribution < -0.4 is 14.2 Å². The molecule has 0 saturated carbocycles. The van der Waals surface area contributed by atoms with E-state index in [2.05, 4.69) is 24.3 Å². The minimum absolute atomic E-state index is 0.510. The third kappa shape index (κ3) is 4.26. The Hall–Kier alpha value is -3.46. The van der Waals surface area contributed by atoms with Crippen LogP contribution in [-0.2, 0) is 6.61 Å². The number of methoxy groups -OCH3 is 1. The first-order valence-corrected chi connectivity index (χ1v) is 9.27. The highest BCUT2D eigenvalue weighted by Gasteiger charge is 2.09. The van der Waals surface area contributed by atoms with Crippen LogP contribution in [0, 0.1) is 0 Å². The lowest BCUT2D eigenvalue weighted by Gasteiger charge is -2.15. The molecule has 1 aliphatic rings. The summed E-state index contributed by atoms with van der Waals surface area (Å²) in [6.07, 6.45) is 6.30. The number of fused-ring (bicyclic) bond motifs is 1. The standard InChI is InChI=1S/C25H22O3/c1-26-25-16-19(13-14-24(25)28-17-20-7-3-2-4-8-20)11-12-21-15-22-9-5-6-10-23(22)27-18-21/h2-16H,17-18H2,1H3/b12-11+. The molecule has 0 fully saturated rings. The smallest absolute Gasteiger partial charge is 0.161 e. The highest BCUT2D eigenvalue weighted by Crippen LogP contribution is 2.30. The second kappa shape index (κ2) is 8.49. The lowest BCUT2D eigenvalue weighted by Crippen LogP contribution is -2.05. The monoisotopic (exact) mass is 370 g/mol. The molecule has 4 rings (SSSR count). The molecule has 0 radical (unpaired) electrons. The second-order valence-electron chi connectivity index (χ2n) is 6.56. The second-order valence-corrected chi connectivity index (χ2v) is 6.56. The summed E-state index contributed by atoms with van der Waals surface area (Å²) in [5.74, 6) is 2.39. The van der Waals surface area contributed by atoms with Gasteiger partial charge in [0.05, 0.1) is 7.11 Å². The maximum atomic E-state index is 5.92. The molecule has 0 aromatic heterocycles. The highest BCUT2D eigenvalue weighted by atomic mass is 16.5. The summed E-state index contributed by atoms with van der Waals surface area (Å²) in [5, 5.41) is 0. The molecular weight excluding hydrogens is 348 g/mol. The first-order chi connectivity index (χ1) is 13.8. The van der Waals surface area contributed by atoms with Crippen molar-refractivity contribution in [2.75, 3.05) is 13.7 Å². The predicted molar refractivity (Wildman–Crippen MR) is 113 cm³/mol. The zero-order chi connectivity index (χ0) is 19.2. The van der Waals surface area contributed by atoms with Crippen molar-refractivity contribution >= 4 is 12.2 Å². The molecule has 0 saturated heterocycles. The Morgan fingerprint density at radius 1 is 0.893 bits per heavy atom. The van der Waals surface area contributed by atoms with E-state index in [-0.39, 0.29) is 0 Å². The number of benzene rings is 3. The number of hydrogen-bond donors (Lipinski definition) is 0. The quantitative estimate of drug-likeness (QED) is 0.552. The van der Waals surface area contributed by atoms with Gasteiger partial charge >= 0.3 is 0 Å². The molecule has 0 aliphatic carbocycles. The predicted octanol–water partition coefficient (Wildman–Crippen LogP) is 5.76. The van der Waals surface area contributed by atoms with Crippen LogP contribution in [0.3, 0.4) is 0 Å². The lowest BCUT2D eigenvalue weighted by molar-refractivity contribution is 0.284. The van der Waals surface area contributed by atoms with E-state index >= 15 is 0 Å². The van der Waals surface area contributed by atoms with E-state index in [1.165, 1.54) is 0 Å². The summed E-state index contributed by atoms with van der Waals surface area (Å²) in [5.41, 5.74) is 4.40. The molecule has 0 bridgehead atoms. The van der Waals surface area contributed by atoms with Crippen LogP contribution >= 0.6 is 0 Å². The first kappa shape index (κ1) is 17.9. The van der Waals surface area contributed by atoms with Crippen molar-refractivity contribution in [2.24, 2.45) is 0 Å². The maximum absolute atomic E-state index is 5.92. The van der Waals surface area contributed by atoms with E-state index in [1.54, 1.807) is 7.11 Å². The first-order valence-electron chi connectivity index (χ1n) is 9.27. The van der Waals surface area contributed by atoms with Gasteiger partial charge in [-0.05, 0) is 41.0 Å². The zero-order valence-corrected chi connectivity index (χ0v) is 15.8. The molecule has 3 nitrogen and oxygen atoms in total. The summed E-state index contributed by atoms with van der Waals surface area (Å²) in [6.45, 7) is 1.08. The van der Waals surface area contributed by atoms with Crippen LogP contribution in [-0.4, -0.2) is 13.7 Å².